The van der Waals surface area contributed by atoms with E-state index in [4.69, 9.17) is 0 Å². The Balaban J connectivity index is 2.57. The Morgan fingerprint density at radius 3 is 2.87 bits per heavy atom. The molecule has 15 heavy (non-hydrogen) atoms. The summed E-state index contributed by atoms with van der Waals surface area (Å²) >= 11 is 0. The van der Waals surface area contributed by atoms with E-state index < -0.39 is 0 Å². The average molecular weight is 202 g/mol. The van der Waals surface area contributed by atoms with Crippen molar-refractivity contribution in [1.82, 2.24) is 4.98 Å². The van der Waals surface area contributed by atoms with Gasteiger partial charge in [-0.15, -0.1) is 0 Å². The molecule has 0 saturated carbocycles. The maximum atomic E-state index is 4.66. The topological polar surface area (TPSA) is 24.9 Å². The molecule has 0 aliphatic heterocycles. The van der Waals surface area contributed by atoms with Crippen LogP contribution in [0.4, 0.5) is 5.82 Å². The monoisotopic (exact) mass is 202 g/mol. The van der Waals surface area contributed by atoms with Crippen LogP contribution >= 0.6 is 0 Å². The Bertz CT molecular complexity index is 392. The maximum absolute atomic E-state index is 4.66. The molecule has 0 radical (unpaired) electrons. The van der Waals surface area contributed by atoms with Gasteiger partial charge in [0, 0.05) is 12.7 Å². The highest BCUT2D eigenvalue weighted by Crippen LogP contribution is 2.28. The van der Waals surface area contributed by atoms with Crippen molar-refractivity contribution in [3.63, 3.8) is 0 Å². The summed E-state index contributed by atoms with van der Waals surface area (Å²) in [5.41, 5.74) is 4.03. The standard InChI is InChI=1S/C13H18N2/c1-9(2)13-11-7-5-4-6-10(11)8-12(14-3)15-13/h4,6,8-9H,5,7H2,1-3H3,(H,14,15). The molecule has 1 N–H and O–H groups in total. The third kappa shape index (κ3) is 1.89. The second kappa shape index (κ2) is 4.05. The van der Waals surface area contributed by atoms with Crippen LogP contribution in [0.5, 0.6) is 0 Å². The molecule has 2 rings (SSSR count). The normalized spacial score (nSPS) is 14.1. The third-order valence-corrected chi connectivity index (χ3v) is 2.85. The zero-order chi connectivity index (χ0) is 10.8. The zero-order valence-electron chi connectivity index (χ0n) is 9.67. The number of anilines is 1. The van der Waals surface area contributed by atoms with E-state index in [0.29, 0.717) is 5.92 Å². The van der Waals surface area contributed by atoms with Gasteiger partial charge in [0.2, 0.25) is 0 Å². The summed E-state index contributed by atoms with van der Waals surface area (Å²) in [7, 11) is 1.92. The van der Waals surface area contributed by atoms with Crippen LogP contribution in [-0.4, -0.2) is 12.0 Å². The van der Waals surface area contributed by atoms with Crippen molar-refractivity contribution in [2.45, 2.75) is 32.6 Å². The van der Waals surface area contributed by atoms with Gasteiger partial charge < -0.3 is 5.32 Å². The Morgan fingerprint density at radius 1 is 1.40 bits per heavy atom. The molecule has 0 aromatic carbocycles. The second-order valence-electron chi connectivity index (χ2n) is 4.31. The maximum Gasteiger partial charge on any atom is 0.126 e. The van der Waals surface area contributed by atoms with Gasteiger partial charge in [0.1, 0.15) is 5.82 Å². The first-order valence-corrected chi connectivity index (χ1v) is 5.60. The molecule has 0 unspecified atom stereocenters. The number of hydrogen-bond donors (Lipinski definition) is 1. The summed E-state index contributed by atoms with van der Waals surface area (Å²) in [5, 5.41) is 3.13. The number of fused-ring (bicyclic) bond motifs is 1. The van der Waals surface area contributed by atoms with Crippen LogP contribution in [0.2, 0.25) is 0 Å². The smallest absolute Gasteiger partial charge is 0.126 e. The SMILES string of the molecule is CNc1cc2c(c(C(C)C)n1)CCC=C2. The van der Waals surface area contributed by atoms with E-state index in [1.54, 1.807) is 0 Å². The van der Waals surface area contributed by atoms with Gasteiger partial charge in [-0.05, 0) is 36.0 Å². The lowest BCUT2D eigenvalue weighted by molar-refractivity contribution is 0.789. The number of rotatable bonds is 2. The summed E-state index contributed by atoms with van der Waals surface area (Å²) in [6, 6.07) is 2.14. The molecular weight excluding hydrogens is 184 g/mol. The van der Waals surface area contributed by atoms with Gasteiger partial charge in [-0.2, -0.15) is 0 Å². The third-order valence-electron chi connectivity index (χ3n) is 2.85. The fourth-order valence-electron chi connectivity index (χ4n) is 2.08. The van der Waals surface area contributed by atoms with Crippen LogP contribution in [0.1, 0.15) is 43.0 Å². The van der Waals surface area contributed by atoms with Gasteiger partial charge in [-0.25, -0.2) is 4.98 Å². The van der Waals surface area contributed by atoms with Crippen LogP contribution < -0.4 is 5.32 Å². The fourth-order valence-corrected chi connectivity index (χ4v) is 2.08. The number of aromatic nitrogens is 1. The first-order chi connectivity index (χ1) is 7.22. The number of hydrogen-bond acceptors (Lipinski definition) is 2. The molecule has 1 aromatic rings. The molecule has 1 heterocycles. The first kappa shape index (κ1) is 10.2. The van der Waals surface area contributed by atoms with Crippen LogP contribution in [0.15, 0.2) is 12.1 Å². The molecule has 0 saturated heterocycles. The van der Waals surface area contributed by atoms with E-state index in [1.807, 2.05) is 7.05 Å². The van der Waals surface area contributed by atoms with Gasteiger partial charge in [0.25, 0.3) is 0 Å². The van der Waals surface area contributed by atoms with E-state index in [-0.39, 0.29) is 0 Å². The molecule has 2 heteroatoms. The Kier molecular flexibility index (Phi) is 2.76. The molecule has 0 amide bonds. The molecule has 1 aliphatic carbocycles. The zero-order valence-corrected chi connectivity index (χ0v) is 9.67. The van der Waals surface area contributed by atoms with Crippen LogP contribution in [0.3, 0.4) is 0 Å². The van der Waals surface area contributed by atoms with Crippen molar-refractivity contribution in [2.75, 3.05) is 12.4 Å². The summed E-state index contributed by atoms with van der Waals surface area (Å²) in [5.74, 6) is 1.47. The second-order valence-corrected chi connectivity index (χ2v) is 4.31. The lowest BCUT2D eigenvalue weighted by Gasteiger charge is -2.18. The van der Waals surface area contributed by atoms with Crippen molar-refractivity contribution in [3.05, 3.63) is 29.0 Å². The van der Waals surface area contributed by atoms with E-state index >= 15 is 0 Å². The molecule has 0 spiro atoms. The van der Waals surface area contributed by atoms with Crippen LogP contribution in [0, 0.1) is 0 Å². The van der Waals surface area contributed by atoms with Gasteiger partial charge >= 0.3 is 0 Å². The highest BCUT2D eigenvalue weighted by Gasteiger charge is 2.14. The van der Waals surface area contributed by atoms with Crippen LogP contribution in [0.25, 0.3) is 6.08 Å². The lowest BCUT2D eigenvalue weighted by Crippen LogP contribution is -2.07. The van der Waals surface area contributed by atoms with Crippen LogP contribution in [-0.2, 0) is 6.42 Å². The Morgan fingerprint density at radius 2 is 2.20 bits per heavy atom. The first-order valence-electron chi connectivity index (χ1n) is 5.60. The predicted octanol–water partition coefficient (Wildman–Crippen LogP) is 3.21. The van der Waals surface area contributed by atoms with Crippen molar-refractivity contribution >= 4 is 11.9 Å². The lowest BCUT2D eigenvalue weighted by atomic mass is 9.92. The largest absolute Gasteiger partial charge is 0.373 e. The Hall–Kier alpha value is -1.31. The summed E-state index contributed by atoms with van der Waals surface area (Å²) in [4.78, 5) is 4.66. The molecule has 0 bridgehead atoms. The van der Waals surface area contributed by atoms with E-state index in [9.17, 15) is 0 Å². The molecule has 2 nitrogen and oxygen atoms in total. The number of nitrogens with zero attached hydrogens (tertiary/aromatic N) is 1. The summed E-state index contributed by atoms with van der Waals surface area (Å²) in [6.07, 6.45) is 6.74. The molecule has 1 aliphatic rings. The van der Waals surface area contributed by atoms with Gasteiger partial charge in [-0.3, -0.25) is 0 Å². The van der Waals surface area contributed by atoms with E-state index in [1.165, 1.54) is 16.8 Å². The molecule has 0 fully saturated rings. The summed E-state index contributed by atoms with van der Waals surface area (Å²) < 4.78 is 0. The number of pyridine rings is 1. The van der Waals surface area contributed by atoms with E-state index in [0.717, 1.165) is 18.7 Å². The molecule has 1 aromatic heterocycles. The molecule has 80 valence electrons. The van der Waals surface area contributed by atoms with Gasteiger partial charge in [0.05, 0.1) is 0 Å². The predicted molar refractivity (Wildman–Crippen MR) is 65.2 cm³/mol. The minimum atomic E-state index is 0.499. The van der Waals surface area contributed by atoms with E-state index in [2.05, 4.69) is 42.4 Å². The van der Waals surface area contributed by atoms with Crippen molar-refractivity contribution < 1.29 is 0 Å². The number of nitrogens with one attached hydrogen (secondary N) is 1. The number of allylic oxidation sites excluding steroid dienone is 1. The highest BCUT2D eigenvalue weighted by atomic mass is 15.0. The minimum absolute atomic E-state index is 0.499. The Labute approximate surface area is 91.4 Å². The fraction of sp³-hybridized carbons (Fsp3) is 0.462. The minimum Gasteiger partial charge on any atom is -0.373 e. The molecular formula is C13H18N2. The quantitative estimate of drug-likeness (QED) is 0.796. The summed E-state index contributed by atoms with van der Waals surface area (Å²) in [6.45, 7) is 4.42. The van der Waals surface area contributed by atoms with Gasteiger partial charge in [0.15, 0.2) is 0 Å². The van der Waals surface area contributed by atoms with Crippen molar-refractivity contribution in [2.24, 2.45) is 0 Å². The highest BCUT2D eigenvalue weighted by molar-refractivity contribution is 5.61. The average Bonchev–Trinajstić information content (AvgIpc) is 2.27. The van der Waals surface area contributed by atoms with Crippen molar-refractivity contribution in [3.8, 4) is 0 Å². The van der Waals surface area contributed by atoms with Crippen molar-refractivity contribution in [1.29, 1.82) is 0 Å². The molecule has 0 atom stereocenters. The van der Waals surface area contributed by atoms with Gasteiger partial charge in [-0.1, -0.05) is 26.0 Å².